The lowest BCUT2D eigenvalue weighted by molar-refractivity contribution is -0.00846. The number of methoxy groups -OCH3 is 1. The summed E-state index contributed by atoms with van der Waals surface area (Å²) in [7, 11) is 4.73. The first-order valence-electron chi connectivity index (χ1n) is 7.54. The van der Waals surface area contributed by atoms with Gasteiger partial charge in [-0.05, 0) is 24.6 Å². The Bertz CT molecular complexity index is 805. The summed E-state index contributed by atoms with van der Waals surface area (Å²) in [4.78, 5) is 24.3. The van der Waals surface area contributed by atoms with Crippen LogP contribution in [0, 0.1) is 6.92 Å². The van der Waals surface area contributed by atoms with Gasteiger partial charge in [0, 0.05) is 26.9 Å². The van der Waals surface area contributed by atoms with Gasteiger partial charge >= 0.3 is 5.69 Å². The Morgan fingerprint density at radius 2 is 1.67 bits per heavy atom. The van der Waals surface area contributed by atoms with Gasteiger partial charge in [-0.15, -0.1) is 0 Å². The van der Waals surface area contributed by atoms with Crippen molar-refractivity contribution in [1.82, 2.24) is 9.13 Å². The first-order valence-corrected chi connectivity index (χ1v) is 7.54. The number of benzene rings is 1. The highest BCUT2D eigenvalue weighted by Gasteiger charge is 2.14. The van der Waals surface area contributed by atoms with Gasteiger partial charge in [-0.3, -0.25) is 9.36 Å². The summed E-state index contributed by atoms with van der Waals surface area (Å²) in [5.74, 6) is 0.635. The summed E-state index contributed by atoms with van der Waals surface area (Å²) in [5, 5.41) is 0. The zero-order valence-electron chi connectivity index (χ0n) is 14.4. The zero-order chi connectivity index (χ0) is 17.7. The molecule has 0 saturated carbocycles. The third-order valence-electron chi connectivity index (χ3n) is 3.84. The third kappa shape index (κ3) is 3.74. The van der Waals surface area contributed by atoms with Gasteiger partial charge in [0.05, 0.1) is 18.8 Å². The van der Waals surface area contributed by atoms with Gasteiger partial charge in [-0.25, -0.2) is 4.79 Å². The maximum atomic E-state index is 12.4. The molecule has 0 amide bonds. The van der Waals surface area contributed by atoms with Crippen molar-refractivity contribution in [1.29, 1.82) is 0 Å². The highest BCUT2D eigenvalue weighted by atomic mass is 16.7. The number of hydrogen-bond donors (Lipinski definition) is 0. The average Bonchev–Trinajstić information content (AvgIpc) is 2.59. The quantitative estimate of drug-likeness (QED) is 0.559. The molecule has 0 aliphatic carbocycles. The Hall–Kier alpha value is -2.38. The molecule has 7 heteroatoms. The molecule has 0 fully saturated rings. The van der Waals surface area contributed by atoms with Crippen molar-refractivity contribution in [3.05, 3.63) is 50.8 Å². The van der Waals surface area contributed by atoms with E-state index in [2.05, 4.69) is 0 Å². The summed E-state index contributed by atoms with van der Waals surface area (Å²) >= 11 is 0. The number of hydrogen-bond acceptors (Lipinski definition) is 5. The Balaban J connectivity index is 2.20. The van der Waals surface area contributed by atoms with E-state index in [1.54, 1.807) is 45.3 Å². The molecule has 0 unspecified atom stereocenters. The van der Waals surface area contributed by atoms with Gasteiger partial charge in [0.1, 0.15) is 5.75 Å². The number of aromatic nitrogens is 2. The fraction of sp³-hybridized carbons (Fsp3) is 0.412. The molecular weight excluding hydrogens is 312 g/mol. The van der Waals surface area contributed by atoms with Crippen LogP contribution in [-0.4, -0.2) is 36.3 Å². The van der Waals surface area contributed by atoms with Gasteiger partial charge in [-0.2, -0.15) is 0 Å². The van der Waals surface area contributed by atoms with E-state index in [-0.39, 0.29) is 18.0 Å². The lowest BCUT2D eigenvalue weighted by Gasteiger charge is -2.12. The van der Waals surface area contributed by atoms with E-state index in [9.17, 15) is 9.59 Å². The summed E-state index contributed by atoms with van der Waals surface area (Å²) in [5.41, 5.74) is 1.21. The molecule has 0 spiro atoms. The molecule has 0 aliphatic rings. The van der Waals surface area contributed by atoms with E-state index < -0.39 is 0 Å². The lowest BCUT2D eigenvalue weighted by Crippen LogP contribution is -2.39. The molecule has 0 N–H and O–H groups in total. The molecule has 0 aliphatic heterocycles. The lowest BCUT2D eigenvalue weighted by atomic mass is 10.1. The molecule has 0 bridgehead atoms. The van der Waals surface area contributed by atoms with Crippen LogP contribution in [0.5, 0.6) is 5.75 Å². The molecule has 1 aromatic carbocycles. The summed E-state index contributed by atoms with van der Waals surface area (Å²) in [6.45, 7) is 2.86. The summed E-state index contributed by atoms with van der Waals surface area (Å²) in [6.07, 6.45) is 0. The second kappa shape index (κ2) is 7.94. The molecule has 0 radical (unpaired) electrons. The number of rotatable bonds is 7. The van der Waals surface area contributed by atoms with Crippen LogP contribution in [0.1, 0.15) is 5.69 Å². The van der Waals surface area contributed by atoms with E-state index in [4.69, 9.17) is 14.2 Å². The van der Waals surface area contributed by atoms with Crippen molar-refractivity contribution in [3.8, 4) is 16.9 Å². The summed E-state index contributed by atoms with van der Waals surface area (Å²) < 4.78 is 18.1. The smallest absolute Gasteiger partial charge is 0.330 e. The van der Waals surface area contributed by atoms with Gasteiger partial charge < -0.3 is 18.8 Å². The van der Waals surface area contributed by atoms with Crippen molar-refractivity contribution >= 4 is 0 Å². The van der Waals surface area contributed by atoms with Crippen molar-refractivity contribution < 1.29 is 14.2 Å². The molecule has 130 valence electrons. The highest BCUT2D eigenvalue weighted by molar-refractivity contribution is 5.65. The van der Waals surface area contributed by atoms with Crippen molar-refractivity contribution in [2.24, 2.45) is 14.1 Å². The summed E-state index contributed by atoms with van der Waals surface area (Å²) in [6, 6.07) is 7.11. The van der Waals surface area contributed by atoms with Crippen LogP contribution in [0.2, 0.25) is 0 Å². The maximum Gasteiger partial charge on any atom is 0.330 e. The predicted octanol–water partition coefficient (Wildman–Crippen LogP) is 1.06. The Kier molecular flexibility index (Phi) is 5.94. The number of nitrogens with zero attached hydrogens (tertiary/aromatic N) is 2. The molecule has 2 aromatic rings. The van der Waals surface area contributed by atoms with Crippen LogP contribution in [-0.2, 0) is 23.6 Å². The molecule has 1 aromatic heterocycles. The fourth-order valence-electron chi connectivity index (χ4n) is 2.31. The Morgan fingerprint density at radius 1 is 1.00 bits per heavy atom. The average molecular weight is 334 g/mol. The van der Waals surface area contributed by atoms with Gasteiger partial charge in [-0.1, -0.05) is 12.1 Å². The van der Waals surface area contributed by atoms with Gasteiger partial charge in [0.2, 0.25) is 0 Å². The molecule has 7 nitrogen and oxygen atoms in total. The molecule has 24 heavy (non-hydrogen) atoms. The first kappa shape index (κ1) is 18.0. The molecule has 1 heterocycles. The van der Waals surface area contributed by atoms with Crippen LogP contribution >= 0.6 is 0 Å². The van der Waals surface area contributed by atoms with Gasteiger partial charge in [0.25, 0.3) is 5.56 Å². The standard InChI is InChI=1S/C17H22N2O5/c1-12-15(16(20)19(3)17(21)18(12)2)13-5-7-14(8-6-13)24-11-23-10-9-22-4/h5-8H,9-11H2,1-4H3. The van der Waals surface area contributed by atoms with Crippen molar-refractivity contribution in [3.63, 3.8) is 0 Å². The van der Waals surface area contributed by atoms with E-state index in [1.165, 1.54) is 11.6 Å². The predicted molar refractivity (Wildman–Crippen MR) is 90.4 cm³/mol. The van der Waals surface area contributed by atoms with Gasteiger partial charge in [0.15, 0.2) is 6.79 Å². The zero-order valence-corrected chi connectivity index (χ0v) is 14.4. The van der Waals surface area contributed by atoms with E-state index in [0.717, 1.165) is 10.1 Å². The Labute approximate surface area is 140 Å². The maximum absolute atomic E-state index is 12.4. The van der Waals surface area contributed by atoms with E-state index in [0.29, 0.717) is 30.2 Å². The Morgan fingerprint density at radius 3 is 2.29 bits per heavy atom. The SMILES string of the molecule is COCCOCOc1ccc(-c2c(C)n(C)c(=O)n(C)c2=O)cc1. The molecular formula is C17H22N2O5. The van der Waals surface area contributed by atoms with Crippen LogP contribution in [0.4, 0.5) is 0 Å². The van der Waals surface area contributed by atoms with Crippen LogP contribution in [0.15, 0.2) is 33.9 Å². The van der Waals surface area contributed by atoms with Crippen molar-refractivity contribution in [2.45, 2.75) is 6.92 Å². The monoisotopic (exact) mass is 334 g/mol. The molecule has 0 atom stereocenters. The topological polar surface area (TPSA) is 71.7 Å². The number of ether oxygens (including phenoxy) is 3. The minimum absolute atomic E-state index is 0.128. The van der Waals surface area contributed by atoms with Crippen LogP contribution in [0.25, 0.3) is 11.1 Å². The fourth-order valence-corrected chi connectivity index (χ4v) is 2.31. The first-order chi connectivity index (χ1) is 11.5. The molecule has 2 rings (SSSR count). The van der Waals surface area contributed by atoms with Crippen molar-refractivity contribution in [2.75, 3.05) is 27.1 Å². The van der Waals surface area contributed by atoms with Crippen LogP contribution < -0.4 is 16.0 Å². The second-order valence-electron chi connectivity index (χ2n) is 5.35. The minimum Gasteiger partial charge on any atom is -0.468 e. The second-order valence-corrected chi connectivity index (χ2v) is 5.35. The largest absolute Gasteiger partial charge is 0.468 e. The van der Waals surface area contributed by atoms with E-state index >= 15 is 0 Å². The third-order valence-corrected chi connectivity index (χ3v) is 3.84. The minimum atomic E-state index is -0.339. The van der Waals surface area contributed by atoms with E-state index in [1.807, 2.05) is 0 Å². The molecule has 0 saturated heterocycles. The highest BCUT2D eigenvalue weighted by Crippen LogP contribution is 2.21. The normalized spacial score (nSPS) is 10.8. The van der Waals surface area contributed by atoms with Crippen LogP contribution in [0.3, 0.4) is 0 Å².